The Morgan fingerprint density at radius 3 is 2.67 bits per heavy atom. The molecule has 0 spiro atoms. The van der Waals surface area contributed by atoms with Gasteiger partial charge >= 0.3 is 0 Å². The maximum Gasteiger partial charge on any atom is 0.221 e. The van der Waals surface area contributed by atoms with Gasteiger partial charge in [0.1, 0.15) is 0 Å². The molecule has 1 aliphatic rings. The summed E-state index contributed by atoms with van der Waals surface area (Å²) in [7, 11) is 4.33. The second kappa shape index (κ2) is 8.48. The Balaban J connectivity index is 2.12. The highest BCUT2D eigenvalue weighted by Gasteiger charge is 2.20. The summed E-state index contributed by atoms with van der Waals surface area (Å²) in [4.78, 5) is 16.3. The highest BCUT2D eigenvalue weighted by Crippen LogP contribution is 2.14. The topological polar surface area (TPSA) is 35.6 Å². The summed E-state index contributed by atoms with van der Waals surface area (Å²) in [5.74, 6) is 0.197. The monoisotopic (exact) mass is 255 g/mol. The van der Waals surface area contributed by atoms with Gasteiger partial charge in [-0.2, -0.15) is 0 Å². The van der Waals surface area contributed by atoms with E-state index >= 15 is 0 Å². The van der Waals surface area contributed by atoms with Crippen molar-refractivity contribution in [3.8, 4) is 0 Å². The minimum Gasteiger partial charge on any atom is -0.356 e. The summed E-state index contributed by atoms with van der Waals surface area (Å²) in [6, 6.07) is 0.657. The standard InChI is InChI=1S/C14H29N3O/c1-4-5-9-15-14(18)8-12-17(3)13-6-10-16(2)11-7-13/h13H,4-12H2,1-3H3,(H,15,18). The first-order valence-electron chi connectivity index (χ1n) is 7.29. The molecule has 0 atom stereocenters. The number of piperidine rings is 1. The average molecular weight is 255 g/mol. The molecule has 1 heterocycles. The number of unbranched alkanes of at least 4 members (excludes halogenated alkanes) is 1. The van der Waals surface area contributed by atoms with Gasteiger partial charge in [-0.05, 0) is 46.4 Å². The van der Waals surface area contributed by atoms with Crippen LogP contribution in [0.15, 0.2) is 0 Å². The molecule has 1 amide bonds. The summed E-state index contributed by atoms with van der Waals surface area (Å²) in [6.07, 6.45) is 5.30. The highest BCUT2D eigenvalue weighted by molar-refractivity contribution is 5.75. The molecule has 1 saturated heterocycles. The zero-order valence-corrected chi connectivity index (χ0v) is 12.2. The molecule has 1 aliphatic heterocycles. The van der Waals surface area contributed by atoms with Crippen LogP contribution in [-0.4, -0.2) is 62.0 Å². The number of likely N-dealkylation sites (tertiary alicyclic amines) is 1. The molecule has 0 radical (unpaired) electrons. The molecule has 1 fully saturated rings. The van der Waals surface area contributed by atoms with Crippen LogP contribution < -0.4 is 5.32 Å². The van der Waals surface area contributed by atoms with Gasteiger partial charge in [0.05, 0.1) is 0 Å². The third-order valence-electron chi connectivity index (χ3n) is 3.86. The quantitative estimate of drug-likeness (QED) is 0.697. The summed E-state index contributed by atoms with van der Waals surface area (Å²) in [6.45, 7) is 6.20. The van der Waals surface area contributed by atoms with E-state index in [1.165, 1.54) is 25.9 Å². The van der Waals surface area contributed by atoms with Gasteiger partial charge in [0.15, 0.2) is 0 Å². The van der Waals surface area contributed by atoms with Gasteiger partial charge in [-0.1, -0.05) is 13.3 Å². The molecule has 0 unspecified atom stereocenters. The van der Waals surface area contributed by atoms with Crippen LogP contribution in [0, 0.1) is 0 Å². The van der Waals surface area contributed by atoms with E-state index < -0.39 is 0 Å². The molecule has 0 saturated carbocycles. The molecule has 1 rings (SSSR count). The van der Waals surface area contributed by atoms with Crippen molar-refractivity contribution in [1.29, 1.82) is 0 Å². The van der Waals surface area contributed by atoms with Crippen molar-refractivity contribution < 1.29 is 4.79 Å². The van der Waals surface area contributed by atoms with Crippen LogP contribution in [0.2, 0.25) is 0 Å². The van der Waals surface area contributed by atoms with Gasteiger partial charge in [-0.3, -0.25) is 4.79 Å². The molecular weight excluding hydrogens is 226 g/mol. The molecule has 1 N–H and O–H groups in total. The molecule has 18 heavy (non-hydrogen) atoms. The lowest BCUT2D eigenvalue weighted by molar-refractivity contribution is -0.121. The van der Waals surface area contributed by atoms with Gasteiger partial charge in [0.25, 0.3) is 0 Å². The molecule has 0 aromatic carbocycles. The largest absolute Gasteiger partial charge is 0.356 e. The van der Waals surface area contributed by atoms with Gasteiger partial charge in [0.2, 0.25) is 5.91 Å². The molecule has 0 aromatic rings. The molecule has 0 aromatic heterocycles. The lowest BCUT2D eigenvalue weighted by Crippen LogP contribution is -2.43. The lowest BCUT2D eigenvalue weighted by atomic mass is 10.0. The van der Waals surface area contributed by atoms with Gasteiger partial charge in [-0.15, -0.1) is 0 Å². The molecule has 0 bridgehead atoms. The van der Waals surface area contributed by atoms with E-state index in [9.17, 15) is 4.79 Å². The number of rotatable bonds is 7. The van der Waals surface area contributed by atoms with Crippen molar-refractivity contribution >= 4 is 5.91 Å². The van der Waals surface area contributed by atoms with Crippen LogP contribution in [0.25, 0.3) is 0 Å². The number of nitrogens with one attached hydrogen (secondary N) is 1. The number of carbonyl (C=O) groups excluding carboxylic acids is 1. The van der Waals surface area contributed by atoms with Crippen molar-refractivity contribution in [2.24, 2.45) is 0 Å². The van der Waals surface area contributed by atoms with Crippen LogP contribution >= 0.6 is 0 Å². The fourth-order valence-corrected chi connectivity index (χ4v) is 2.39. The Kier molecular flexibility index (Phi) is 7.28. The molecule has 106 valence electrons. The van der Waals surface area contributed by atoms with Crippen molar-refractivity contribution in [2.75, 3.05) is 40.3 Å². The average Bonchev–Trinajstić information content (AvgIpc) is 2.37. The Hall–Kier alpha value is -0.610. The summed E-state index contributed by atoms with van der Waals surface area (Å²) < 4.78 is 0. The van der Waals surface area contributed by atoms with E-state index in [2.05, 4.69) is 36.1 Å². The van der Waals surface area contributed by atoms with Crippen molar-refractivity contribution in [2.45, 2.75) is 45.1 Å². The summed E-state index contributed by atoms with van der Waals surface area (Å²) >= 11 is 0. The van der Waals surface area contributed by atoms with Gasteiger partial charge in [-0.25, -0.2) is 0 Å². The smallest absolute Gasteiger partial charge is 0.221 e. The Labute approximate surface area is 112 Å². The third-order valence-corrected chi connectivity index (χ3v) is 3.86. The van der Waals surface area contributed by atoms with Crippen LogP contribution in [0.4, 0.5) is 0 Å². The van der Waals surface area contributed by atoms with E-state index in [1.807, 2.05) is 0 Å². The van der Waals surface area contributed by atoms with Crippen molar-refractivity contribution in [1.82, 2.24) is 15.1 Å². The highest BCUT2D eigenvalue weighted by atomic mass is 16.1. The normalized spacial score (nSPS) is 18.2. The van der Waals surface area contributed by atoms with E-state index in [0.29, 0.717) is 12.5 Å². The molecule has 4 heteroatoms. The lowest BCUT2D eigenvalue weighted by Gasteiger charge is -2.35. The number of hydrogen-bond acceptors (Lipinski definition) is 3. The molecular formula is C14H29N3O. The first kappa shape index (κ1) is 15.4. The zero-order valence-electron chi connectivity index (χ0n) is 12.2. The Morgan fingerprint density at radius 1 is 1.39 bits per heavy atom. The predicted octanol–water partition coefficient (Wildman–Crippen LogP) is 1.32. The number of carbonyl (C=O) groups is 1. The van der Waals surface area contributed by atoms with Crippen molar-refractivity contribution in [3.63, 3.8) is 0 Å². The van der Waals surface area contributed by atoms with Crippen LogP contribution in [0.5, 0.6) is 0 Å². The SMILES string of the molecule is CCCCNC(=O)CCN(C)C1CCN(C)CC1. The Bertz CT molecular complexity index is 237. The van der Waals surface area contributed by atoms with Crippen LogP contribution in [0.3, 0.4) is 0 Å². The molecule has 0 aliphatic carbocycles. The minimum atomic E-state index is 0.197. The number of nitrogens with zero attached hydrogens (tertiary/aromatic N) is 2. The van der Waals surface area contributed by atoms with Crippen LogP contribution in [-0.2, 0) is 4.79 Å². The summed E-state index contributed by atoms with van der Waals surface area (Å²) in [5, 5.41) is 2.98. The first-order chi connectivity index (χ1) is 8.63. The zero-order chi connectivity index (χ0) is 13.4. The summed E-state index contributed by atoms with van der Waals surface area (Å²) in [5.41, 5.74) is 0. The first-order valence-corrected chi connectivity index (χ1v) is 7.29. The van der Waals surface area contributed by atoms with E-state index in [1.54, 1.807) is 0 Å². The maximum atomic E-state index is 11.6. The van der Waals surface area contributed by atoms with E-state index in [0.717, 1.165) is 25.9 Å². The second-order valence-electron chi connectivity index (χ2n) is 5.47. The van der Waals surface area contributed by atoms with E-state index in [-0.39, 0.29) is 5.91 Å². The second-order valence-corrected chi connectivity index (χ2v) is 5.47. The molecule has 4 nitrogen and oxygen atoms in total. The number of hydrogen-bond donors (Lipinski definition) is 1. The third kappa shape index (κ3) is 5.83. The number of amides is 1. The predicted molar refractivity (Wildman–Crippen MR) is 75.7 cm³/mol. The van der Waals surface area contributed by atoms with Gasteiger partial charge < -0.3 is 15.1 Å². The fraction of sp³-hybridized carbons (Fsp3) is 0.929. The van der Waals surface area contributed by atoms with Crippen LogP contribution in [0.1, 0.15) is 39.0 Å². The van der Waals surface area contributed by atoms with E-state index in [4.69, 9.17) is 0 Å². The van der Waals surface area contributed by atoms with Gasteiger partial charge in [0, 0.05) is 25.6 Å². The Morgan fingerprint density at radius 2 is 2.06 bits per heavy atom. The van der Waals surface area contributed by atoms with Crippen molar-refractivity contribution in [3.05, 3.63) is 0 Å². The minimum absolute atomic E-state index is 0.197. The fourth-order valence-electron chi connectivity index (χ4n) is 2.39. The maximum absolute atomic E-state index is 11.6.